The van der Waals surface area contributed by atoms with Gasteiger partial charge in [0.25, 0.3) is 0 Å². The second-order valence-electron chi connectivity index (χ2n) is 3.58. The van der Waals surface area contributed by atoms with Gasteiger partial charge in [0.2, 0.25) is 0 Å². The van der Waals surface area contributed by atoms with E-state index in [2.05, 4.69) is 26.1 Å². The molecule has 0 aromatic rings. The zero-order valence-corrected chi connectivity index (χ0v) is 9.35. The van der Waals surface area contributed by atoms with E-state index in [4.69, 9.17) is 0 Å². The zero-order valence-electron chi connectivity index (χ0n) is 9.35. The van der Waals surface area contributed by atoms with Crippen LogP contribution in [0.25, 0.3) is 0 Å². The average Bonchev–Trinajstić information content (AvgIpc) is 2.08. The first kappa shape index (κ1) is 12.0. The fourth-order valence-electron chi connectivity index (χ4n) is 2.15. The predicted molar refractivity (Wildman–Crippen MR) is 56.4 cm³/mol. The van der Waals surface area contributed by atoms with Gasteiger partial charge in [-0.3, -0.25) is 0 Å². The first-order valence-electron chi connectivity index (χ1n) is 5.49. The normalized spacial score (nSPS) is 35.2. The monoisotopic (exact) mass is 171 g/mol. The summed E-state index contributed by atoms with van der Waals surface area (Å²) in [5.74, 6) is 1.84. The van der Waals surface area contributed by atoms with Crippen molar-refractivity contribution in [3.63, 3.8) is 0 Å². The van der Waals surface area contributed by atoms with E-state index < -0.39 is 0 Å². The SMILES string of the molecule is CC.CCC1C(C)CCNC1C. The van der Waals surface area contributed by atoms with Crippen LogP contribution in [0.4, 0.5) is 0 Å². The highest BCUT2D eigenvalue weighted by Gasteiger charge is 2.24. The van der Waals surface area contributed by atoms with Crippen molar-refractivity contribution < 1.29 is 0 Å². The summed E-state index contributed by atoms with van der Waals surface area (Å²) in [6, 6.07) is 0.744. The van der Waals surface area contributed by atoms with Crippen LogP contribution >= 0.6 is 0 Å². The molecule has 0 bridgehead atoms. The molecular weight excluding hydrogens is 146 g/mol. The Morgan fingerprint density at radius 3 is 2.17 bits per heavy atom. The summed E-state index contributed by atoms with van der Waals surface area (Å²) in [6.07, 6.45) is 2.69. The van der Waals surface area contributed by atoms with Gasteiger partial charge in [-0.1, -0.05) is 34.1 Å². The number of hydrogen-bond acceptors (Lipinski definition) is 1. The van der Waals surface area contributed by atoms with Crippen LogP contribution in [0, 0.1) is 11.8 Å². The quantitative estimate of drug-likeness (QED) is 0.639. The minimum atomic E-state index is 0.744. The van der Waals surface area contributed by atoms with E-state index in [9.17, 15) is 0 Å². The van der Waals surface area contributed by atoms with Crippen LogP contribution in [0.3, 0.4) is 0 Å². The molecule has 12 heavy (non-hydrogen) atoms. The molecule has 3 atom stereocenters. The summed E-state index contributed by atoms with van der Waals surface area (Å²) in [5.41, 5.74) is 0. The van der Waals surface area contributed by atoms with Crippen LogP contribution in [0.15, 0.2) is 0 Å². The summed E-state index contributed by atoms with van der Waals surface area (Å²) in [6.45, 7) is 12.2. The number of rotatable bonds is 1. The largest absolute Gasteiger partial charge is 0.314 e. The molecule has 1 aliphatic rings. The fourth-order valence-corrected chi connectivity index (χ4v) is 2.15. The molecule has 0 radical (unpaired) electrons. The van der Waals surface area contributed by atoms with Crippen molar-refractivity contribution in [2.45, 2.75) is 53.5 Å². The topological polar surface area (TPSA) is 12.0 Å². The zero-order chi connectivity index (χ0) is 9.56. The summed E-state index contributed by atoms with van der Waals surface area (Å²) < 4.78 is 0. The Morgan fingerprint density at radius 2 is 1.83 bits per heavy atom. The molecule has 1 aliphatic heterocycles. The molecular formula is C11H25N. The Hall–Kier alpha value is -0.0400. The Bertz CT molecular complexity index is 91.2. The maximum absolute atomic E-state index is 3.51. The molecule has 3 unspecified atom stereocenters. The third-order valence-corrected chi connectivity index (χ3v) is 2.91. The smallest absolute Gasteiger partial charge is 0.00694 e. The lowest BCUT2D eigenvalue weighted by molar-refractivity contribution is 0.208. The van der Waals surface area contributed by atoms with Gasteiger partial charge in [-0.25, -0.2) is 0 Å². The van der Waals surface area contributed by atoms with Crippen molar-refractivity contribution >= 4 is 0 Å². The molecule has 0 aromatic carbocycles. The van der Waals surface area contributed by atoms with Gasteiger partial charge in [-0.15, -0.1) is 0 Å². The van der Waals surface area contributed by atoms with Gasteiger partial charge in [0.1, 0.15) is 0 Å². The van der Waals surface area contributed by atoms with Gasteiger partial charge in [-0.2, -0.15) is 0 Å². The maximum atomic E-state index is 3.51. The molecule has 1 saturated heterocycles. The predicted octanol–water partition coefficient (Wildman–Crippen LogP) is 3.06. The van der Waals surface area contributed by atoms with E-state index in [-0.39, 0.29) is 0 Å². The third-order valence-electron chi connectivity index (χ3n) is 2.91. The van der Waals surface area contributed by atoms with Gasteiger partial charge in [0, 0.05) is 6.04 Å². The average molecular weight is 171 g/mol. The van der Waals surface area contributed by atoms with Crippen molar-refractivity contribution in [1.82, 2.24) is 5.32 Å². The van der Waals surface area contributed by atoms with Crippen molar-refractivity contribution in [2.24, 2.45) is 11.8 Å². The van der Waals surface area contributed by atoms with Gasteiger partial charge < -0.3 is 5.32 Å². The molecule has 0 spiro atoms. The van der Waals surface area contributed by atoms with Crippen LogP contribution in [0.1, 0.15) is 47.5 Å². The number of hydrogen-bond donors (Lipinski definition) is 1. The highest BCUT2D eigenvalue weighted by Crippen LogP contribution is 2.25. The lowest BCUT2D eigenvalue weighted by Gasteiger charge is -2.34. The lowest BCUT2D eigenvalue weighted by Crippen LogP contribution is -2.42. The molecule has 1 heterocycles. The molecule has 74 valence electrons. The van der Waals surface area contributed by atoms with Crippen LogP contribution in [0.5, 0.6) is 0 Å². The van der Waals surface area contributed by atoms with E-state index in [1.54, 1.807) is 0 Å². The molecule has 0 aliphatic carbocycles. The second kappa shape index (κ2) is 6.47. The molecule has 0 aromatic heterocycles. The van der Waals surface area contributed by atoms with E-state index in [1.807, 2.05) is 13.8 Å². The fraction of sp³-hybridized carbons (Fsp3) is 1.00. The van der Waals surface area contributed by atoms with Gasteiger partial charge in [0.15, 0.2) is 0 Å². The maximum Gasteiger partial charge on any atom is 0.00694 e. The van der Waals surface area contributed by atoms with Crippen molar-refractivity contribution in [3.05, 3.63) is 0 Å². The van der Waals surface area contributed by atoms with E-state index in [0.717, 1.165) is 17.9 Å². The highest BCUT2D eigenvalue weighted by atomic mass is 14.9. The number of nitrogens with one attached hydrogen (secondary N) is 1. The third kappa shape index (κ3) is 3.14. The standard InChI is InChI=1S/C9H19N.C2H6/c1-4-9-7(2)5-6-10-8(9)3;1-2/h7-10H,4-6H2,1-3H3;1-2H3. The minimum absolute atomic E-state index is 0.744. The van der Waals surface area contributed by atoms with Crippen LogP contribution < -0.4 is 5.32 Å². The molecule has 1 fully saturated rings. The van der Waals surface area contributed by atoms with Crippen LogP contribution in [-0.4, -0.2) is 12.6 Å². The van der Waals surface area contributed by atoms with Crippen LogP contribution in [0.2, 0.25) is 0 Å². The highest BCUT2D eigenvalue weighted by molar-refractivity contribution is 4.80. The van der Waals surface area contributed by atoms with E-state index in [0.29, 0.717) is 0 Å². The van der Waals surface area contributed by atoms with Crippen molar-refractivity contribution in [3.8, 4) is 0 Å². The Morgan fingerprint density at radius 1 is 1.25 bits per heavy atom. The van der Waals surface area contributed by atoms with Gasteiger partial charge >= 0.3 is 0 Å². The van der Waals surface area contributed by atoms with E-state index >= 15 is 0 Å². The first-order valence-corrected chi connectivity index (χ1v) is 5.49. The summed E-state index contributed by atoms with van der Waals surface area (Å²) in [7, 11) is 0. The molecule has 1 rings (SSSR count). The Balaban J connectivity index is 0.000000561. The minimum Gasteiger partial charge on any atom is -0.314 e. The summed E-state index contributed by atoms with van der Waals surface area (Å²) >= 11 is 0. The summed E-state index contributed by atoms with van der Waals surface area (Å²) in [4.78, 5) is 0. The molecule has 0 amide bonds. The lowest BCUT2D eigenvalue weighted by atomic mass is 9.81. The van der Waals surface area contributed by atoms with Gasteiger partial charge in [-0.05, 0) is 31.7 Å². The van der Waals surface area contributed by atoms with Gasteiger partial charge in [0.05, 0.1) is 0 Å². The van der Waals surface area contributed by atoms with E-state index in [1.165, 1.54) is 19.4 Å². The van der Waals surface area contributed by atoms with Crippen molar-refractivity contribution in [2.75, 3.05) is 6.54 Å². The molecule has 0 saturated carbocycles. The summed E-state index contributed by atoms with van der Waals surface area (Å²) in [5, 5.41) is 3.51. The molecule has 1 heteroatoms. The van der Waals surface area contributed by atoms with Crippen molar-refractivity contribution in [1.29, 1.82) is 0 Å². The molecule has 1 nitrogen and oxygen atoms in total. The van der Waals surface area contributed by atoms with Crippen LogP contribution in [-0.2, 0) is 0 Å². The molecule has 1 N–H and O–H groups in total. The Kier molecular flexibility index (Phi) is 6.45. The number of piperidine rings is 1. The first-order chi connectivity index (χ1) is 5.75. The Labute approximate surface area is 77.9 Å². The second-order valence-corrected chi connectivity index (χ2v) is 3.58.